The monoisotopic (exact) mass is 488 g/mol. The Labute approximate surface area is 203 Å². The fourth-order valence-corrected chi connectivity index (χ4v) is 4.85. The molecule has 0 atom stereocenters. The van der Waals surface area contributed by atoms with E-state index in [0.717, 1.165) is 11.3 Å². The first-order valence-electron chi connectivity index (χ1n) is 10.9. The van der Waals surface area contributed by atoms with Crippen LogP contribution in [0.4, 0.5) is 4.39 Å². The number of aryl methyl sites for hydroxylation is 2. The minimum absolute atomic E-state index is 0.0289. The Bertz CT molecular complexity index is 1610. The number of pyridine rings is 1. The van der Waals surface area contributed by atoms with Gasteiger partial charge in [-0.2, -0.15) is 5.10 Å². The number of aromatic nitrogens is 5. The fourth-order valence-electron chi connectivity index (χ4n) is 3.92. The largest absolute Gasteiger partial charge is 0.352 e. The molecule has 1 amide bonds. The van der Waals surface area contributed by atoms with E-state index >= 15 is 0 Å². The molecule has 10 heteroatoms. The quantitative estimate of drug-likeness (QED) is 0.394. The second-order valence-electron chi connectivity index (χ2n) is 8.10. The van der Waals surface area contributed by atoms with Gasteiger partial charge in [0.1, 0.15) is 11.5 Å². The molecular weight excluding hydrogens is 467 g/mol. The summed E-state index contributed by atoms with van der Waals surface area (Å²) in [5, 5.41) is 9.20. The van der Waals surface area contributed by atoms with E-state index < -0.39 is 0 Å². The van der Waals surface area contributed by atoms with Gasteiger partial charge in [0.05, 0.1) is 23.4 Å². The maximum absolute atomic E-state index is 13.7. The minimum Gasteiger partial charge on any atom is -0.352 e. The van der Waals surface area contributed by atoms with Gasteiger partial charge < -0.3 is 5.32 Å². The van der Waals surface area contributed by atoms with Crippen molar-refractivity contribution in [2.45, 2.75) is 26.8 Å². The van der Waals surface area contributed by atoms with Crippen LogP contribution < -0.4 is 10.9 Å². The summed E-state index contributed by atoms with van der Waals surface area (Å²) in [4.78, 5) is 35.3. The van der Waals surface area contributed by atoms with Crippen molar-refractivity contribution in [2.24, 2.45) is 0 Å². The number of thiazole rings is 1. The van der Waals surface area contributed by atoms with Crippen LogP contribution in [0.25, 0.3) is 21.9 Å². The maximum atomic E-state index is 13.7. The van der Waals surface area contributed by atoms with E-state index in [2.05, 4.69) is 20.4 Å². The van der Waals surface area contributed by atoms with E-state index in [-0.39, 0.29) is 23.7 Å². The number of amides is 1. The molecule has 0 saturated heterocycles. The lowest BCUT2D eigenvalue weighted by Gasteiger charge is -2.07. The van der Waals surface area contributed by atoms with Crippen molar-refractivity contribution in [3.63, 3.8) is 0 Å². The third-order valence-electron chi connectivity index (χ3n) is 5.57. The Balaban J connectivity index is 1.48. The van der Waals surface area contributed by atoms with Gasteiger partial charge in [-0.05, 0) is 49.7 Å². The number of nitrogens with one attached hydrogen (secondary N) is 1. The normalized spacial score (nSPS) is 11.2. The molecule has 0 unspecified atom stereocenters. The van der Waals surface area contributed by atoms with E-state index in [4.69, 9.17) is 0 Å². The van der Waals surface area contributed by atoms with Crippen LogP contribution in [-0.2, 0) is 17.8 Å². The van der Waals surface area contributed by atoms with Gasteiger partial charge in [-0.25, -0.2) is 14.1 Å². The van der Waals surface area contributed by atoms with Gasteiger partial charge in [0.2, 0.25) is 5.91 Å². The van der Waals surface area contributed by atoms with Gasteiger partial charge in [-0.3, -0.25) is 19.0 Å². The molecule has 8 nitrogen and oxygen atoms in total. The zero-order chi connectivity index (χ0) is 24.5. The van der Waals surface area contributed by atoms with E-state index in [1.54, 1.807) is 53.6 Å². The zero-order valence-corrected chi connectivity index (χ0v) is 19.8. The Morgan fingerprint density at radius 3 is 2.80 bits per heavy atom. The number of hydrogen-bond acceptors (Lipinski definition) is 6. The Kier molecular flexibility index (Phi) is 5.96. The number of carbonyl (C=O) groups excluding carboxylic acids is 1. The van der Waals surface area contributed by atoms with Crippen LogP contribution in [0.15, 0.2) is 65.0 Å². The second-order valence-corrected chi connectivity index (χ2v) is 8.94. The molecule has 0 aliphatic heterocycles. The van der Waals surface area contributed by atoms with Gasteiger partial charge in [0.25, 0.3) is 5.56 Å². The molecule has 35 heavy (non-hydrogen) atoms. The van der Waals surface area contributed by atoms with Crippen LogP contribution in [0.5, 0.6) is 0 Å². The average Bonchev–Trinajstić information content (AvgIpc) is 3.41. The summed E-state index contributed by atoms with van der Waals surface area (Å²) in [5.41, 5.74) is 3.76. The topological polar surface area (TPSA) is 94.2 Å². The lowest BCUT2D eigenvalue weighted by Crippen LogP contribution is -2.27. The van der Waals surface area contributed by atoms with E-state index in [0.29, 0.717) is 39.8 Å². The van der Waals surface area contributed by atoms with Crippen LogP contribution in [0, 0.1) is 19.7 Å². The van der Waals surface area contributed by atoms with Gasteiger partial charge in [0.15, 0.2) is 4.96 Å². The van der Waals surface area contributed by atoms with Crippen molar-refractivity contribution in [1.29, 1.82) is 0 Å². The molecule has 0 aliphatic carbocycles. The molecule has 176 valence electrons. The fraction of sp³-hybridized carbons (Fsp3) is 0.160. The van der Waals surface area contributed by atoms with Crippen LogP contribution in [0.2, 0.25) is 0 Å². The minimum atomic E-state index is -0.372. The van der Waals surface area contributed by atoms with Crippen LogP contribution in [0.3, 0.4) is 0 Å². The predicted octanol–water partition coefficient (Wildman–Crippen LogP) is 3.62. The summed E-state index contributed by atoms with van der Waals surface area (Å²) in [6.07, 6.45) is 3.39. The molecule has 0 saturated carbocycles. The molecular formula is C25H21FN6O2S. The van der Waals surface area contributed by atoms with Crippen molar-refractivity contribution in [1.82, 2.24) is 29.5 Å². The summed E-state index contributed by atoms with van der Waals surface area (Å²) < 4.78 is 16.8. The Hall–Kier alpha value is -4.18. The highest BCUT2D eigenvalue weighted by Gasteiger charge is 2.20. The number of carbonyl (C=O) groups is 1. The van der Waals surface area contributed by atoms with Crippen molar-refractivity contribution in [3.8, 4) is 16.9 Å². The van der Waals surface area contributed by atoms with E-state index in [1.165, 1.54) is 27.9 Å². The van der Waals surface area contributed by atoms with Gasteiger partial charge in [-0.15, -0.1) is 11.3 Å². The standard InChI is InChI=1S/C25H21FN6O2S/c1-15-9-21(30-32(15)19-7-3-6-18(26)10-19)23-16(2)29-25-31(24(23)34)20(14-35-25)11-22(33)28-13-17-5-4-8-27-12-17/h3-10,12,14H,11,13H2,1-2H3,(H,28,33). The number of nitrogens with zero attached hydrogens (tertiary/aromatic N) is 5. The van der Waals surface area contributed by atoms with Crippen molar-refractivity contribution >= 4 is 22.2 Å². The lowest BCUT2D eigenvalue weighted by atomic mass is 10.1. The summed E-state index contributed by atoms with van der Waals surface area (Å²) in [6.45, 7) is 3.94. The molecule has 1 aromatic carbocycles. The van der Waals surface area contributed by atoms with Crippen molar-refractivity contribution in [2.75, 3.05) is 0 Å². The number of hydrogen-bond donors (Lipinski definition) is 1. The first-order valence-corrected chi connectivity index (χ1v) is 11.8. The van der Waals surface area contributed by atoms with Crippen LogP contribution in [0.1, 0.15) is 22.6 Å². The molecule has 0 fully saturated rings. The number of fused-ring (bicyclic) bond motifs is 1. The maximum Gasteiger partial charge on any atom is 0.268 e. The third-order valence-corrected chi connectivity index (χ3v) is 6.45. The summed E-state index contributed by atoms with van der Waals surface area (Å²) in [6, 6.07) is 11.6. The highest BCUT2D eigenvalue weighted by molar-refractivity contribution is 7.15. The summed E-state index contributed by atoms with van der Waals surface area (Å²) in [5.74, 6) is -0.586. The molecule has 4 aromatic heterocycles. The molecule has 4 heterocycles. The summed E-state index contributed by atoms with van der Waals surface area (Å²) in [7, 11) is 0. The highest BCUT2D eigenvalue weighted by Crippen LogP contribution is 2.23. The van der Waals surface area contributed by atoms with E-state index in [9.17, 15) is 14.0 Å². The lowest BCUT2D eigenvalue weighted by molar-refractivity contribution is -0.120. The van der Waals surface area contributed by atoms with Crippen molar-refractivity contribution < 1.29 is 9.18 Å². The smallest absolute Gasteiger partial charge is 0.268 e. The molecule has 0 aliphatic rings. The Morgan fingerprint density at radius 1 is 1.17 bits per heavy atom. The molecule has 0 bridgehead atoms. The first-order chi connectivity index (χ1) is 16.9. The van der Waals surface area contributed by atoms with Crippen molar-refractivity contribution in [3.05, 3.63) is 99.1 Å². The van der Waals surface area contributed by atoms with Gasteiger partial charge >= 0.3 is 0 Å². The number of rotatable bonds is 6. The second kappa shape index (κ2) is 9.22. The average molecular weight is 489 g/mol. The van der Waals surface area contributed by atoms with Gasteiger partial charge in [0, 0.05) is 35.7 Å². The van der Waals surface area contributed by atoms with Crippen LogP contribution >= 0.6 is 11.3 Å². The molecule has 5 aromatic rings. The Morgan fingerprint density at radius 2 is 2.03 bits per heavy atom. The SMILES string of the molecule is Cc1nc2scc(CC(=O)NCc3cccnc3)n2c(=O)c1-c1cc(C)n(-c2cccc(F)c2)n1. The first kappa shape index (κ1) is 22.6. The summed E-state index contributed by atoms with van der Waals surface area (Å²) >= 11 is 1.30. The number of benzene rings is 1. The third kappa shape index (κ3) is 4.47. The molecule has 0 radical (unpaired) electrons. The zero-order valence-electron chi connectivity index (χ0n) is 19.0. The van der Waals surface area contributed by atoms with Crippen LogP contribution in [-0.4, -0.2) is 30.1 Å². The molecule has 0 spiro atoms. The molecule has 5 rings (SSSR count). The number of halogens is 1. The highest BCUT2D eigenvalue weighted by atomic mass is 32.1. The van der Waals surface area contributed by atoms with Gasteiger partial charge in [-0.1, -0.05) is 12.1 Å². The van der Waals surface area contributed by atoms with E-state index in [1.807, 2.05) is 13.0 Å². The molecule has 1 N–H and O–H groups in total. The predicted molar refractivity (Wildman–Crippen MR) is 131 cm³/mol.